The van der Waals surface area contributed by atoms with E-state index in [1.165, 1.54) is 12.2 Å². The molecule has 1 N–H and O–H groups in total. The third kappa shape index (κ3) is 3.24. The van der Waals surface area contributed by atoms with E-state index in [9.17, 15) is 14.4 Å². The van der Waals surface area contributed by atoms with Gasteiger partial charge in [0.25, 0.3) is 0 Å². The molecule has 1 heterocycles. The molecule has 0 fully saturated rings. The third-order valence-electron chi connectivity index (χ3n) is 5.84. The maximum atomic E-state index is 13.5. The Morgan fingerprint density at radius 2 is 1.58 bits per heavy atom. The molecule has 0 amide bonds. The Balaban J connectivity index is 1.58. The molecule has 0 radical (unpaired) electrons. The van der Waals surface area contributed by atoms with Crippen LogP contribution in [0.2, 0.25) is 0 Å². The van der Waals surface area contributed by atoms with Gasteiger partial charge >= 0.3 is 0 Å². The molecule has 2 aromatic carbocycles. The van der Waals surface area contributed by atoms with Gasteiger partial charge in [-0.1, -0.05) is 36.4 Å². The van der Waals surface area contributed by atoms with E-state index < -0.39 is 5.41 Å². The van der Waals surface area contributed by atoms with E-state index >= 15 is 0 Å². The van der Waals surface area contributed by atoms with Gasteiger partial charge in [-0.05, 0) is 42.8 Å². The molecular weight excluding hydrogens is 410 g/mol. The second-order valence-electron chi connectivity index (χ2n) is 7.69. The summed E-state index contributed by atoms with van der Waals surface area (Å²) in [6.07, 6.45) is 7.05. The highest BCUT2D eigenvalue weighted by molar-refractivity contribution is 7.99. The van der Waals surface area contributed by atoms with Gasteiger partial charge in [-0.2, -0.15) is 0 Å². The van der Waals surface area contributed by atoms with E-state index in [4.69, 9.17) is 4.74 Å². The summed E-state index contributed by atoms with van der Waals surface area (Å²) in [5, 5.41) is 3.15. The number of rotatable bonds is 3. The summed E-state index contributed by atoms with van der Waals surface area (Å²) < 4.78 is 5.22. The first-order valence-electron chi connectivity index (χ1n) is 9.94. The highest BCUT2D eigenvalue weighted by atomic mass is 32.2. The zero-order chi connectivity index (χ0) is 21.6. The van der Waals surface area contributed by atoms with Crippen LogP contribution in [-0.4, -0.2) is 29.8 Å². The van der Waals surface area contributed by atoms with Crippen molar-refractivity contribution in [3.63, 3.8) is 0 Å². The number of fused-ring (bicyclic) bond motifs is 2. The van der Waals surface area contributed by atoms with Crippen molar-refractivity contribution in [1.82, 2.24) is 5.32 Å². The van der Waals surface area contributed by atoms with E-state index in [0.29, 0.717) is 28.8 Å². The highest BCUT2D eigenvalue weighted by Crippen LogP contribution is 2.48. The second-order valence-corrected chi connectivity index (χ2v) is 8.97. The molecule has 6 heteroatoms. The molecule has 1 aliphatic heterocycles. The molecule has 1 spiro atoms. The lowest BCUT2D eigenvalue weighted by molar-refractivity contribution is -0.110. The van der Waals surface area contributed by atoms with Crippen molar-refractivity contribution in [1.29, 1.82) is 0 Å². The summed E-state index contributed by atoms with van der Waals surface area (Å²) in [5.74, 6) is 0.280. The fourth-order valence-corrected chi connectivity index (χ4v) is 5.50. The number of hydrogen-bond acceptors (Lipinski definition) is 6. The van der Waals surface area contributed by atoms with Gasteiger partial charge in [0.2, 0.25) is 5.78 Å². The van der Waals surface area contributed by atoms with E-state index in [0.717, 1.165) is 10.6 Å². The molecule has 0 saturated heterocycles. The number of nitrogens with one attached hydrogen (secondary N) is 1. The van der Waals surface area contributed by atoms with Gasteiger partial charge in [0.15, 0.2) is 11.6 Å². The van der Waals surface area contributed by atoms with Crippen molar-refractivity contribution >= 4 is 29.1 Å². The molecule has 1 atom stereocenters. The van der Waals surface area contributed by atoms with Crippen LogP contribution in [0.25, 0.3) is 0 Å². The smallest absolute Gasteiger partial charge is 0.210 e. The van der Waals surface area contributed by atoms with E-state index in [1.54, 1.807) is 55.3 Å². The number of ketones is 3. The minimum absolute atomic E-state index is 0.124. The maximum absolute atomic E-state index is 13.5. The number of Topliss-reactive ketones (excluding diaryl/α,β-unsaturated/α-hetero) is 2. The fourth-order valence-electron chi connectivity index (χ4n) is 4.34. The average molecular weight is 429 g/mol. The number of carbonyl (C=O) groups is 3. The number of methoxy groups -OCH3 is 1. The molecule has 154 valence electrons. The first-order chi connectivity index (χ1) is 15.0. The van der Waals surface area contributed by atoms with E-state index in [2.05, 4.69) is 5.32 Å². The van der Waals surface area contributed by atoms with Crippen LogP contribution in [-0.2, 0) is 4.79 Å². The van der Waals surface area contributed by atoms with Crippen molar-refractivity contribution < 1.29 is 19.1 Å². The quantitative estimate of drug-likeness (QED) is 0.791. The Hall–Kier alpha value is -3.38. The first-order valence-corrected chi connectivity index (χ1v) is 10.8. The van der Waals surface area contributed by atoms with Crippen molar-refractivity contribution in [2.45, 2.75) is 16.7 Å². The molecule has 0 aromatic heterocycles. The van der Waals surface area contributed by atoms with Crippen LogP contribution in [0.1, 0.15) is 27.1 Å². The lowest BCUT2D eigenvalue weighted by Crippen LogP contribution is -2.47. The largest absolute Gasteiger partial charge is 0.497 e. The molecule has 2 aliphatic carbocycles. The number of allylic oxidation sites excluding steroid dienone is 6. The van der Waals surface area contributed by atoms with Crippen molar-refractivity contribution in [2.24, 2.45) is 5.41 Å². The van der Waals surface area contributed by atoms with E-state index in [1.807, 2.05) is 24.3 Å². The summed E-state index contributed by atoms with van der Waals surface area (Å²) >= 11 is 1.58. The predicted molar refractivity (Wildman–Crippen MR) is 118 cm³/mol. The molecule has 3 aliphatic rings. The van der Waals surface area contributed by atoms with Gasteiger partial charge in [-0.25, -0.2) is 0 Å². The molecule has 0 saturated carbocycles. The van der Waals surface area contributed by atoms with Gasteiger partial charge < -0.3 is 10.1 Å². The summed E-state index contributed by atoms with van der Waals surface area (Å²) in [6, 6.07) is 14.6. The summed E-state index contributed by atoms with van der Waals surface area (Å²) in [7, 11) is 1.62. The standard InChI is InChI=1S/C25H19NO4S/c1-30-16-6-8-17(9-7-16)31-20-14-25(12-10-15(27)11-13-25)21-22(26-20)24(29)19-5-3-2-4-18(19)23(21)28/h2-13,20,26H,14H2,1H3. The van der Waals surface area contributed by atoms with Crippen LogP contribution in [0.3, 0.4) is 0 Å². The summed E-state index contributed by atoms with van der Waals surface area (Å²) in [6.45, 7) is 0. The van der Waals surface area contributed by atoms with Crippen LogP contribution in [0.5, 0.6) is 5.75 Å². The van der Waals surface area contributed by atoms with E-state index in [-0.39, 0.29) is 22.7 Å². The first kappa shape index (κ1) is 19.6. The number of hydrogen-bond donors (Lipinski definition) is 1. The molecule has 1 unspecified atom stereocenters. The normalized spacial score (nSPS) is 21.1. The average Bonchev–Trinajstić information content (AvgIpc) is 2.80. The van der Waals surface area contributed by atoms with Crippen LogP contribution >= 0.6 is 11.8 Å². The van der Waals surface area contributed by atoms with Crippen LogP contribution < -0.4 is 10.1 Å². The van der Waals surface area contributed by atoms with Crippen molar-refractivity contribution in [3.05, 3.63) is 95.2 Å². The molecule has 2 aromatic rings. The Labute approximate surface area is 183 Å². The number of carbonyl (C=O) groups excluding carboxylic acids is 3. The van der Waals surface area contributed by atoms with Gasteiger partial charge in [0.05, 0.1) is 18.2 Å². The fraction of sp³-hybridized carbons (Fsp3) is 0.160. The van der Waals surface area contributed by atoms with Gasteiger partial charge in [0, 0.05) is 27.0 Å². The Morgan fingerprint density at radius 3 is 2.23 bits per heavy atom. The topological polar surface area (TPSA) is 72.5 Å². The molecule has 31 heavy (non-hydrogen) atoms. The third-order valence-corrected chi connectivity index (χ3v) is 6.96. The number of thioether (sulfide) groups is 1. The zero-order valence-electron chi connectivity index (χ0n) is 16.8. The Bertz CT molecular complexity index is 1190. The van der Waals surface area contributed by atoms with Gasteiger partial charge in [0.1, 0.15) is 5.75 Å². The van der Waals surface area contributed by atoms with Crippen molar-refractivity contribution in [3.8, 4) is 5.75 Å². The SMILES string of the molecule is COc1ccc(SC2CC3(C=CC(=O)C=C3)C3=C(N2)C(=O)c2ccccc2C3=O)cc1. The summed E-state index contributed by atoms with van der Waals surface area (Å²) in [5.41, 5.74) is 0.752. The minimum atomic E-state index is -0.807. The Kier molecular flexibility index (Phi) is 4.67. The van der Waals surface area contributed by atoms with Crippen LogP contribution in [0.15, 0.2) is 89.0 Å². The van der Waals surface area contributed by atoms with Crippen LogP contribution in [0.4, 0.5) is 0 Å². The number of benzene rings is 2. The molecular formula is C25H19NO4S. The molecule has 0 bridgehead atoms. The monoisotopic (exact) mass is 429 g/mol. The van der Waals surface area contributed by atoms with Gasteiger partial charge in [-0.15, -0.1) is 11.8 Å². The van der Waals surface area contributed by atoms with Crippen LogP contribution in [0, 0.1) is 5.41 Å². The molecule has 5 nitrogen and oxygen atoms in total. The summed E-state index contributed by atoms with van der Waals surface area (Å²) in [4.78, 5) is 39.7. The molecule has 5 rings (SSSR count). The van der Waals surface area contributed by atoms with Gasteiger partial charge in [-0.3, -0.25) is 14.4 Å². The predicted octanol–water partition coefficient (Wildman–Crippen LogP) is 4.12. The number of ether oxygens (including phenoxy) is 1. The lowest BCUT2D eigenvalue weighted by Gasteiger charge is -2.42. The highest BCUT2D eigenvalue weighted by Gasteiger charge is 2.48. The maximum Gasteiger partial charge on any atom is 0.210 e. The Morgan fingerprint density at radius 1 is 0.935 bits per heavy atom. The minimum Gasteiger partial charge on any atom is -0.497 e. The lowest BCUT2D eigenvalue weighted by atomic mass is 9.66. The zero-order valence-corrected chi connectivity index (χ0v) is 17.6. The second kappa shape index (κ2) is 7.39. The van der Waals surface area contributed by atoms with Crippen molar-refractivity contribution in [2.75, 3.05) is 7.11 Å².